The lowest BCUT2D eigenvalue weighted by atomic mass is 9.92. The third-order valence-electron chi connectivity index (χ3n) is 2.40. The van der Waals surface area contributed by atoms with E-state index >= 15 is 0 Å². The summed E-state index contributed by atoms with van der Waals surface area (Å²) in [7, 11) is 0. The van der Waals surface area contributed by atoms with Gasteiger partial charge in [0.05, 0.1) is 12.2 Å². The van der Waals surface area contributed by atoms with Crippen LogP contribution in [0.3, 0.4) is 0 Å². The third-order valence-corrected chi connectivity index (χ3v) is 2.40. The highest BCUT2D eigenvalue weighted by Crippen LogP contribution is 2.21. The second kappa shape index (κ2) is 3.77. The summed E-state index contributed by atoms with van der Waals surface area (Å²) in [6.07, 6.45) is 5.72. The van der Waals surface area contributed by atoms with E-state index < -0.39 is 5.60 Å². The van der Waals surface area contributed by atoms with E-state index in [9.17, 15) is 9.90 Å². The van der Waals surface area contributed by atoms with Crippen LogP contribution in [0.15, 0.2) is 0 Å². The molecule has 0 saturated carbocycles. The Bertz CT molecular complexity index is 236. The third kappa shape index (κ3) is 2.20. The van der Waals surface area contributed by atoms with Crippen LogP contribution in [0.25, 0.3) is 0 Å². The van der Waals surface area contributed by atoms with E-state index in [1.54, 1.807) is 0 Å². The summed E-state index contributed by atoms with van der Waals surface area (Å²) in [5.41, 5.74) is -1.02. The first-order valence-corrected chi connectivity index (χ1v) is 4.20. The number of terminal acetylenes is 1. The molecule has 0 aromatic heterocycles. The molecule has 0 aromatic rings. The summed E-state index contributed by atoms with van der Waals surface area (Å²) < 4.78 is 0. The Morgan fingerprint density at radius 2 is 2.08 bits per heavy atom. The molecule has 1 heterocycles. The lowest BCUT2D eigenvalue weighted by Gasteiger charge is -2.36. The highest BCUT2D eigenvalue weighted by atomic mass is 16.3. The summed E-state index contributed by atoms with van der Waals surface area (Å²) in [6.45, 7) is 0.575. The molecule has 1 aliphatic heterocycles. The minimum Gasteiger partial charge on any atom is -0.393 e. The summed E-state index contributed by atoms with van der Waals surface area (Å²) in [4.78, 5) is 12.5. The SMILES string of the molecule is C#CC(=O)N1CCC(O)(CO)CC1. The summed E-state index contributed by atoms with van der Waals surface area (Å²) in [5, 5.41) is 18.5. The summed E-state index contributed by atoms with van der Waals surface area (Å²) in [5.74, 6) is 1.68. The number of aliphatic hydroxyl groups excluding tert-OH is 1. The Kier molecular flexibility index (Phi) is 2.91. The number of rotatable bonds is 1. The molecule has 1 fully saturated rings. The fraction of sp³-hybridized carbons (Fsp3) is 0.667. The van der Waals surface area contributed by atoms with Gasteiger partial charge in [0.25, 0.3) is 5.91 Å². The Hall–Kier alpha value is -1.05. The van der Waals surface area contributed by atoms with E-state index in [4.69, 9.17) is 11.5 Å². The maximum Gasteiger partial charge on any atom is 0.298 e. The topological polar surface area (TPSA) is 60.8 Å². The van der Waals surface area contributed by atoms with Gasteiger partial charge in [-0.2, -0.15) is 0 Å². The van der Waals surface area contributed by atoms with E-state index in [2.05, 4.69) is 0 Å². The maximum atomic E-state index is 11.0. The van der Waals surface area contributed by atoms with Crippen molar-refractivity contribution in [1.29, 1.82) is 0 Å². The van der Waals surface area contributed by atoms with Crippen LogP contribution in [0.2, 0.25) is 0 Å². The van der Waals surface area contributed by atoms with E-state index in [1.165, 1.54) is 4.90 Å². The number of aliphatic hydroxyl groups is 2. The number of carbonyl (C=O) groups is 1. The van der Waals surface area contributed by atoms with E-state index in [0.29, 0.717) is 25.9 Å². The van der Waals surface area contributed by atoms with Crippen LogP contribution in [0.5, 0.6) is 0 Å². The van der Waals surface area contributed by atoms with Gasteiger partial charge < -0.3 is 15.1 Å². The van der Waals surface area contributed by atoms with Crippen LogP contribution < -0.4 is 0 Å². The Balaban J connectivity index is 2.49. The standard InChI is InChI=1S/C9H13NO3/c1-2-8(12)10-5-3-9(13,7-11)4-6-10/h1,11,13H,3-7H2. The fourth-order valence-electron chi connectivity index (χ4n) is 1.38. The van der Waals surface area contributed by atoms with Crippen molar-refractivity contribution in [1.82, 2.24) is 4.90 Å². The zero-order chi connectivity index (χ0) is 9.90. The zero-order valence-electron chi connectivity index (χ0n) is 7.36. The number of nitrogens with zero attached hydrogens (tertiary/aromatic N) is 1. The van der Waals surface area contributed by atoms with Crippen molar-refractivity contribution in [3.63, 3.8) is 0 Å². The molecule has 0 aliphatic carbocycles. The second-order valence-corrected chi connectivity index (χ2v) is 3.32. The number of likely N-dealkylation sites (tertiary alicyclic amines) is 1. The Morgan fingerprint density at radius 1 is 1.54 bits per heavy atom. The maximum absolute atomic E-state index is 11.0. The molecule has 2 N–H and O–H groups in total. The smallest absolute Gasteiger partial charge is 0.298 e. The van der Waals surface area contributed by atoms with Gasteiger partial charge in [-0.05, 0) is 18.8 Å². The van der Waals surface area contributed by atoms with Crippen molar-refractivity contribution in [2.45, 2.75) is 18.4 Å². The van der Waals surface area contributed by atoms with E-state index in [-0.39, 0.29) is 12.5 Å². The Labute approximate surface area is 77.2 Å². The largest absolute Gasteiger partial charge is 0.393 e. The van der Waals surface area contributed by atoms with Crippen LogP contribution in [-0.2, 0) is 4.79 Å². The molecule has 1 aliphatic rings. The van der Waals surface area contributed by atoms with Gasteiger partial charge in [0.15, 0.2) is 0 Å². The normalized spacial score (nSPS) is 20.8. The molecule has 0 radical (unpaired) electrons. The van der Waals surface area contributed by atoms with E-state index in [0.717, 1.165) is 0 Å². The molecule has 13 heavy (non-hydrogen) atoms. The monoisotopic (exact) mass is 183 g/mol. The van der Waals surface area contributed by atoms with Gasteiger partial charge in [0, 0.05) is 13.1 Å². The molecule has 1 amide bonds. The van der Waals surface area contributed by atoms with Crippen molar-refractivity contribution < 1.29 is 15.0 Å². The number of piperidine rings is 1. The van der Waals surface area contributed by atoms with Crippen LogP contribution >= 0.6 is 0 Å². The molecule has 1 rings (SSSR count). The second-order valence-electron chi connectivity index (χ2n) is 3.32. The van der Waals surface area contributed by atoms with Gasteiger partial charge in [-0.1, -0.05) is 0 Å². The Morgan fingerprint density at radius 3 is 2.46 bits per heavy atom. The molecule has 1 saturated heterocycles. The van der Waals surface area contributed by atoms with Crippen molar-refractivity contribution in [3.8, 4) is 12.3 Å². The lowest BCUT2D eigenvalue weighted by molar-refractivity contribution is -0.130. The molecule has 0 aromatic carbocycles. The molecule has 0 bridgehead atoms. The summed E-state index contributed by atoms with van der Waals surface area (Å²) in [6, 6.07) is 0. The zero-order valence-corrected chi connectivity index (χ0v) is 7.36. The lowest BCUT2D eigenvalue weighted by Crippen LogP contribution is -2.48. The van der Waals surface area contributed by atoms with Crippen molar-refractivity contribution in [2.75, 3.05) is 19.7 Å². The van der Waals surface area contributed by atoms with Gasteiger partial charge in [-0.3, -0.25) is 4.79 Å². The molecule has 0 unspecified atom stereocenters. The first-order chi connectivity index (χ1) is 6.11. The molecule has 72 valence electrons. The van der Waals surface area contributed by atoms with Crippen LogP contribution in [0.1, 0.15) is 12.8 Å². The molecular formula is C9H13NO3. The summed E-state index contributed by atoms with van der Waals surface area (Å²) >= 11 is 0. The van der Waals surface area contributed by atoms with Crippen LogP contribution in [0, 0.1) is 12.3 Å². The highest BCUT2D eigenvalue weighted by Gasteiger charge is 2.32. The van der Waals surface area contributed by atoms with Crippen molar-refractivity contribution in [3.05, 3.63) is 0 Å². The van der Waals surface area contributed by atoms with Crippen LogP contribution in [0.4, 0.5) is 0 Å². The van der Waals surface area contributed by atoms with E-state index in [1.807, 2.05) is 5.92 Å². The van der Waals surface area contributed by atoms with Gasteiger partial charge in [0.2, 0.25) is 0 Å². The van der Waals surface area contributed by atoms with Gasteiger partial charge in [0.1, 0.15) is 0 Å². The first-order valence-electron chi connectivity index (χ1n) is 4.20. The fourth-order valence-corrected chi connectivity index (χ4v) is 1.38. The number of carbonyl (C=O) groups excluding carboxylic acids is 1. The minimum absolute atomic E-state index is 0.259. The molecule has 0 spiro atoms. The molecule has 4 nitrogen and oxygen atoms in total. The average Bonchev–Trinajstić information content (AvgIpc) is 2.18. The number of hydrogen-bond donors (Lipinski definition) is 2. The van der Waals surface area contributed by atoms with Crippen molar-refractivity contribution >= 4 is 5.91 Å². The predicted octanol–water partition coefficient (Wildman–Crippen LogP) is -1.03. The van der Waals surface area contributed by atoms with Gasteiger partial charge in [-0.15, -0.1) is 6.42 Å². The number of amides is 1. The minimum atomic E-state index is -1.02. The quantitative estimate of drug-likeness (QED) is 0.511. The average molecular weight is 183 g/mol. The van der Waals surface area contributed by atoms with Crippen molar-refractivity contribution in [2.24, 2.45) is 0 Å². The molecule has 0 atom stereocenters. The van der Waals surface area contributed by atoms with Gasteiger partial charge in [-0.25, -0.2) is 0 Å². The number of hydrogen-bond acceptors (Lipinski definition) is 3. The van der Waals surface area contributed by atoms with Gasteiger partial charge >= 0.3 is 0 Å². The molecule has 4 heteroatoms. The first kappa shape index (κ1) is 10.0. The predicted molar refractivity (Wildman–Crippen MR) is 46.7 cm³/mol. The highest BCUT2D eigenvalue weighted by molar-refractivity contribution is 5.92. The van der Waals surface area contributed by atoms with Crippen LogP contribution in [-0.4, -0.2) is 46.3 Å². The molecular weight excluding hydrogens is 170 g/mol.